The van der Waals surface area contributed by atoms with Gasteiger partial charge >= 0.3 is 6.03 Å². The van der Waals surface area contributed by atoms with Crippen molar-refractivity contribution in [1.29, 1.82) is 0 Å². The SMILES string of the molecule is CN(C)C(=O)N[C@@H]1COC2(CCN(Cc3ccccc3)CC2)C1. The van der Waals surface area contributed by atoms with Crippen LogP contribution in [0.5, 0.6) is 0 Å². The van der Waals surface area contributed by atoms with Crippen LogP contribution in [0.2, 0.25) is 0 Å². The predicted octanol–water partition coefficient (Wildman–Crippen LogP) is 2.08. The lowest BCUT2D eigenvalue weighted by Crippen LogP contribution is -2.45. The van der Waals surface area contributed by atoms with Crippen molar-refractivity contribution in [1.82, 2.24) is 15.1 Å². The average molecular weight is 317 g/mol. The van der Waals surface area contributed by atoms with E-state index in [9.17, 15) is 4.79 Å². The predicted molar refractivity (Wildman–Crippen MR) is 90.3 cm³/mol. The second-order valence-electron chi connectivity index (χ2n) is 7.00. The molecule has 126 valence electrons. The molecule has 23 heavy (non-hydrogen) atoms. The first-order valence-corrected chi connectivity index (χ1v) is 8.44. The Bertz CT molecular complexity index is 524. The van der Waals surface area contributed by atoms with Gasteiger partial charge in [-0.3, -0.25) is 4.90 Å². The van der Waals surface area contributed by atoms with Gasteiger partial charge in [0.05, 0.1) is 18.2 Å². The van der Waals surface area contributed by atoms with Gasteiger partial charge in [-0.15, -0.1) is 0 Å². The van der Waals surface area contributed by atoms with Crippen LogP contribution in [0.15, 0.2) is 30.3 Å². The summed E-state index contributed by atoms with van der Waals surface area (Å²) < 4.78 is 6.11. The van der Waals surface area contributed by atoms with Crippen molar-refractivity contribution in [2.24, 2.45) is 0 Å². The summed E-state index contributed by atoms with van der Waals surface area (Å²) in [7, 11) is 3.53. The fourth-order valence-electron chi connectivity index (χ4n) is 3.55. The molecule has 2 aliphatic rings. The smallest absolute Gasteiger partial charge is 0.317 e. The summed E-state index contributed by atoms with van der Waals surface area (Å²) in [5.41, 5.74) is 1.34. The van der Waals surface area contributed by atoms with Crippen molar-refractivity contribution in [3.63, 3.8) is 0 Å². The highest BCUT2D eigenvalue weighted by Gasteiger charge is 2.43. The Morgan fingerprint density at radius 3 is 2.65 bits per heavy atom. The van der Waals surface area contributed by atoms with Gasteiger partial charge in [-0.2, -0.15) is 0 Å². The molecule has 1 spiro atoms. The number of carbonyl (C=O) groups is 1. The first kappa shape index (κ1) is 16.3. The zero-order valence-corrected chi connectivity index (χ0v) is 14.1. The van der Waals surface area contributed by atoms with E-state index in [-0.39, 0.29) is 17.7 Å². The van der Waals surface area contributed by atoms with Crippen molar-refractivity contribution < 1.29 is 9.53 Å². The van der Waals surface area contributed by atoms with E-state index < -0.39 is 0 Å². The Kier molecular flexibility index (Phi) is 4.87. The second-order valence-corrected chi connectivity index (χ2v) is 7.00. The number of amides is 2. The molecule has 1 N–H and O–H groups in total. The van der Waals surface area contributed by atoms with Crippen LogP contribution < -0.4 is 5.32 Å². The molecule has 2 heterocycles. The molecule has 0 radical (unpaired) electrons. The molecular formula is C18H27N3O2. The maximum atomic E-state index is 11.8. The first-order chi connectivity index (χ1) is 11.1. The van der Waals surface area contributed by atoms with E-state index in [0.29, 0.717) is 6.61 Å². The van der Waals surface area contributed by atoms with Crippen molar-refractivity contribution in [2.45, 2.75) is 37.5 Å². The summed E-state index contributed by atoms with van der Waals surface area (Å²) in [6.07, 6.45) is 3.04. The van der Waals surface area contributed by atoms with E-state index >= 15 is 0 Å². The Morgan fingerprint density at radius 1 is 1.30 bits per heavy atom. The number of rotatable bonds is 3. The van der Waals surface area contributed by atoms with E-state index in [4.69, 9.17) is 4.74 Å². The molecule has 0 aromatic heterocycles. The fraction of sp³-hybridized carbons (Fsp3) is 0.611. The summed E-state index contributed by atoms with van der Waals surface area (Å²) in [6, 6.07) is 10.7. The highest BCUT2D eigenvalue weighted by Crippen LogP contribution is 2.36. The minimum Gasteiger partial charge on any atom is -0.373 e. The third kappa shape index (κ3) is 4.03. The Labute approximate surface area is 138 Å². The molecular weight excluding hydrogens is 290 g/mol. The molecule has 3 rings (SSSR count). The number of carbonyl (C=O) groups excluding carboxylic acids is 1. The molecule has 2 amide bonds. The van der Waals surface area contributed by atoms with Crippen molar-refractivity contribution in [3.05, 3.63) is 35.9 Å². The molecule has 1 aromatic rings. The summed E-state index contributed by atoms with van der Waals surface area (Å²) in [5, 5.41) is 3.05. The van der Waals surface area contributed by atoms with Gasteiger partial charge in [-0.25, -0.2) is 4.79 Å². The van der Waals surface area contributed by atoms with Crippen LogP contribution in [0, 0.1) is 0 Å². The summed E-state index contributed by atoms with van der Waals surface area (Å²) in [6.45, 7) is 3.77. The number of nitrogens with zero attached hydrogens (tertiary/aromatic N) is 2. The van der Waals surface area contributed by atoms with E-state index in [1.807, 2.05) is 0 Å². The monoisotopic (exact) mass is 317 g/mol. The second kappa shape index (κ2) is 6.89. The summed E-state index contributed by atoms with van der Waals surface area (Å²) >= 11 is 0. The molecule has 2 fully saturated rings. The Hall–Kier alpha value is -1.59. The normalized spacial score (nSPS) is 23.8. The molecule has 2 saturated heterocycles. The Morgan fingerprint density at radius 2 is 2.00 bits per heavy atom. The van der Waals surface area contributed by atoms with Crippen LogP contribution in [-0.2, 0) is 11.3 Å². The lowest BCUT2D eigenvalue weighted by Gasteiger charge is -2.38. The van der Waals surface area contributed by atoms with E-state index in [2.05, 4.69) is 40.5 Å². The van der Waals surface area contributed by atoms with E-state index in [0.717, 1.165) is 38.9 Å². The molecule has 1 aromatic carbocycles. The fourth-order valence-corrected chi connectivity index (χ4v) is 3.55. The highest BCUT2D eigenvalue weighted by molar-refractivity contribution is 5.73. The maximum Gasteiger partial charge on any atom is 0.317 e. The number of hydrogen-bond acceptors (Lipinski definition) is 3. The molecule has 2 aliphatic heterocycles. The van der Waals surface area contributed by atoms with Crippen LogP contribution in [0.3, 0.4) is 0 Å². The van der Waals surface area contributed by atoms with Crippen LogP contribution in [-0.4, -0.2) is 61.3 Å². The molecule has 5 nitrogen and oxygen atoms in total. The molecule has 5 heteroatoms. The average Bonchev–Trinajstić information content (AvgIpc) is 2.93. The Balaban J connectivity index is 1.48. The summed E-state index contributed by atoms with van der Waals surface area (Å²) in [5.74, 6) is 0. The first-order valence-electron chi connectivity index (χ1n) is 8.44. The van der Waals surface area contributed by atoms with Gasteiger partial charge in [0.25, 0.3) is 0 Å². The quantitative estimate of drug-likeness (QED) is 0.928. The number of piperidine rings is 1. The van der Waals surface area contributed by atoms with E-state index in [1.54, 1.807) is 19.0 Å². The molecule has 0 saturated carbocycles. The lowest BCUT2D eigenvalue weighted by molar-refractivity contribution is -0.0449. The van der Waals surface area contributed by atoms with Gasteiger partial charge in [0, 0.05) is 33.7 Å². The van der Waals surface area contributed by atoms with Gasteiger partial charge in [0.1, 0.15) is 0 Å². The van der Waals surface area contributed by atoms with E-state index in [1.165, 1.54) is 5.56 Å². The molecule has 0 unspecified atom stereocenters. The van der Waals surface area contributed by atoms with Gasteiger partial charge < -0.3 is 15.0 Å². The number of urea groups is 1. The number of nitrogens with one attached hydrogen (secondary N) is 1. The largest absolute Gasteiger partial charge is 0.373 e. The molecule has 1 atom stereocenters. The number of ether oxygens (including phenoxy) is 1. The third-order valence-corrected chi connectivity index (χ3v) is 4.96. The van der Waals surface area contributed by atoms with Gasteiger partial charge in [-0.05, 0) is 24.8 Å². The minimum absolute atomic E-state index is 0.0303. The van der Waals surface area contributed by atoms with Crippen LogP contribution >= 0.6 is 0 Å². The molecule has 0 bridgehead atoms. The number of benzene rings is 1. The van der Waals surface area contributed by atoms with Gasteiger partial charge in [0.2, 0.25) is 0 Å². The zero-order valence-electron chi connectivity index (χ0n) is 14.1. The summed E-state index contributed by atoms with van der Waals surface area (Å²) in [4.78, 5) is 15.8. The zero-order chi connectivity index (χ0) is 16.3. The van der Waals surface area contributed by atoms with Crippen molar-refractivity contribution in [3.8, 4) is 0 Å². The lowest BCUT2D eigenvalue weighted by atomic mass is 9.87. The van der Waals surface area contributed by atoms with Gasteiger partial charge in [-0.1, -0.05) is 30.3 Å². The number of hydrogen-bond donors (Lipinski definition) is 1. The molecule has 0 aliphatic carbocycles. The van der Waals surface area contributed by atoms with Gasteiger partial charge in [0.15, 0.2) is 0 Å². The minimum atomic E-state index is -0.0304. The van der Waals surface area contributed by atoms with Crippen LogP contribution in [0.25, 0.3) is 0 Å². The number of likely N-dealkylation sites (tertiary alicyclic amines) is 1. The van der Waals surface area contributed by atoms with Crippen molar-refractivity contribution in [2.75, 3.05) is 33.8 Å². The van der Waals surface area contributed by atoms with Crippen LogP contribution in [0.4, 0.5) is 4.79 Å². The highest BCUT2D eigenvalue weighted by atomic mass is 16.5. The van der Waals surface area contributed by atoms with Crippen molar-refractivity contribution >= 4 is 6.03 Å². The standard InChI is InChI=1S/C18H27N3O2/c1-20(2)17(22)19-16-12-18(23-14-16)8-10-21(11-9-18)13-15-6-4-3-5-7-15/h3-7,16H,8-14H2,1-2H3,(H,19,22)/t16-/m0/s1. The maximum absolute atomic E-state index is 11.8. The van der Waals surface area contributed by atoms with Crippen LogP contribution in [0.1, 0.15) is 24.8 Å². The topological polar surface area (TPSA) is 44.8 Å². The third-order valence-electron chi connectivity index (χ3n) is 4.96.